The van der Waals surface area contributed by atoms with Crippen molar-refractivity contribution in [1.29, 1.82) is 0 Å². The van der Waals surface area contributed by atoms with Crippen molar-refractivity contribution in [3.05, 3.63) is 88.4 Å². The Bertz CT molecular complexity index is 1630. The van der Waals surface area contributed by atoms with Gasteiger partial charge in [-0.05, 0) is 54.3 Å². The van der Waals surface area contributed by atoms with E-state index in [1.807, 2.05) is 47.4 Å². The Morgan fingerprint density at radius 1 is 1.03 bits per heavy atom. The van der Waals surface area contributed by atoms with E-state index in [4.69, 9.17) is 5.73 Å². The van der Waals surface area contributed by atoms with Crippen LogP contribution in [0, 0.1) is 0 Å². The van der Waals surface area contributed by atoms with Crippen LogP contribution in [0.3, 0.4) is 0 Å². The molecular weight excluding hydrogens is 490 g/mol. The van der Waals surface area contributed by atoms with Crippen molar-refractivity contribution in [2.45, 2.75) is 39.7 Å². The van der Waals surface area contributed by atoms with Gasteiger partial charge >= 0.3 is 0 Å². The van der Waals surface area contributed by atoms with Gasteiger partial charge in [-0.15, -0.1) is 0 Å². The van der Waals surface area contributed by atoms with E-state index in [1.54, 1.807) is 24.7 Å². The van der Waals surface area contributed by atoms with E-state index in [2.05, 4.69) is 33.9 Å². The number of nitrogens with two attached hydrogens (primary N) is 1. The number of benzene rings is 2. The third kappa shape index (κ3) is 5.62. The van der Waals surface area contributed by atoms with Gasteiger partial charge in [0.2, 0.25) is 5.91 Å². The number of nitrogens with zero attached hydrogens (tertiary/aromatic N) is 6. The van der Waals surface area contributed by atoms with Crippen LogP contribution < -0.4 is 11.3 Å². The molecule has 0 radical (unpaired) electrons. The number of hydrogen-bond donors (Lipinski definition) is 1. The number of carbonyl (C=O) groups excluding carboxylic acids is 1. The molecule has 0 aliphatic carbocycles. The molecule has 1 amide bonds. The predicted octanol–water partition coefficient (Wildman–Crippen LogP) is 4.33. The quantitative estimate of drug-likeness (QED) is 0.369. The number of hydrogen-bond acceptors (Lipinski definition) is 7. The Morgan fingerprint density at radius 2 is 1.74 bits per heavy atom. The predicted molar refractivity (Wildman–Crippen MR) is 154 cm³/mol. The molecule has 1 aliphatic heterocycles. The molecule has 39 heavy (non-hydrogen) atoms. The van der Waals surface area contributed by atoms with Crippen LogP contribution in [0.2, 0.25) is 0 Å². The lowest BCUT2D eigenvalue weighted by molar-refractivity contribution is -0.127. The highest BCUT2D eigenvalue weighted by Gasteiger charge is 2.21. The maximum absolute atomic E-state index is 13.3. The Balaban J connectivity index is 1.46. The SMILES string of the molecule is CCCN(CCC)C(=O)C1=Cc2ccc(-c3ccc4c(=O)n(Cc5ncccn5)ncc4c3)cc2N=C(N)C1. The van der Waals surface area contributed by atoms with Crippen molar-refractivity contribution in [2.24, 2.45) is 10.7 Å². The Labute approximate surface area is 226 Å². The number of amidine groups is 1. The first-order valence-electron chi connectivity index (χ1n) is 13.2. The van der Waals surface area contributed by atoms with Gasteiger partial charge in [0.15, 0.2) is 0 Å². The van der Waals surface area contributed by atoms with Gasteiger partial charge in [0.1, 0.15) is 18.2 Å². The fourth-order valence-electron chi connectivity index (χ4n) is 4.79. The molecule has 0 spiro atoms. The third-order valence-corrected chi connectivity index (χ3v) is 6.64. The van der Waals surface area contributed by atoms with Crippen LogP contribution in [-0.2, 0) is 11.3 Å². The molecule has 2 N–H and O–H groups in total. The second kappa shape index (κ2) is 11.4. The molecule has 0 fully saturated rings. The fraction of sp³-hybridized carbons (Fsp3) is 0.267. The van der Waals surface area contributed by atoms with Gasteiger partial charge < -0.3 is 10.6 Å². The zero-order valence-corrected chi connectivity index (χ0v) is 22.2. The fourth-order valence-corrected chi connectivity index (χ4v) is 4.79. The number of amides is 1. The zero-order valence-electron chi connectivity index (χ0n) is 22.2. The highest BCUT2D eigenvalue weighted by molar-refractivity contribution is 6.05. The molecule has 4 aromatic rings. The topological polar surface area (TPSA) is 119 Å². The normalized spacial score (nSPS) is 12.9. The minimum atomic E-state index is -0.201. The molecule has 0 atom stereocenters. The van der Waals surface area contributed by atoms with Gasteiger partial charge in [-0.3, -0.25) is 9.59 Å². The summed E-state index contributed by atoms with van der Waals surface area (Å²) in [5, 5.41) is 5.64. The maximum Gasteiger partial charge on any atom is 0.275 e. The molecule has 5 rings (SSSR count). The average molecular weight is 522 g/mol. The third-order valence-electron chi connectivity index (χ3n) is 6.64. The summed E-state index contributed by atoms with van der Waals surface area (Å²) < 4.78 is 1.37. The van der Waals surface area contributed by atoms with E-state index >= 15 is 0 Å². The lowest BCUT2D eigenvalue weighted by Crippen LogP contribution is -2.34. The van der Waals surface area contributed by atoms with Crippen molar-refractivity contribution >= 4 is 34.3 Å². The number of aliphatic imine (C=N–C) groups is 1. The molecule has 9 nitrogen and oxygen atoms in total. The highest BCUT2D eigenvalue weighted by Crippen LogP contribution is 2.33. The van der Waals surface area contributed by atoms with Crippen LogP contribution in [0.15, 0.2) is 76.4 Å². The van der Waals surface area contributed by atoms with Gasteiger partial charge in [-0.2, -0.15) is 5.10 Å². The van der Waals surface area contributed by atoms with Crippen LogP contribution >= 0.6 is 0 Å². The van der Waals surface area contributed by atoms with Crippen molar-refractivity contribution in [1.82, 2.24) is 24.6 Å². The van der Waals surface area contributed by atoms with Crippen molar-refractivity contribution in [2.75, 3.05) is 13.1 Å². The smallest absolute Gasteiger partial charge is 0.275 e. The van der Waals surface area contributed by atoms with E-state index < -0.39 is 0 Å². The molecule has 0 saturated carbocycles. The molecule has 2 aromatic heterocycles. The van der Waals surface area contributed by atoms with E-state index in [1.165, 1.54) is 4.68 Å². The van der Waals surface area contributed by atoms with Gasteiger partial charge in [0.25, 0.3) is 5.56 Å². The van der Waals surface area contributed by atoms with E-state index in [-0.39, 0.29) is 18.0 Å². The maximum atomic E-state index is 13.3. The minimum Gasteiger partial charge on any atom is -0.387 e. The first-order valence-corrected chi connectivity index (χ1v) is 13.2. The van der Waals surface area contributed by atoms with Crippen molar-refractivity contribution in [3.8, 4) is 11.1 Å². The molecule has 2 aromatic carbocycles. The first kappa shape index (κ1) is 26.0. The van der Waals surface area contributed by atoms with Crippen molar-refractivity contribution in [3.63, 3.8) is 0 Å². The summed E-state index contributed by atoms with van der Waals surface area (Å²) in [4.78, 5) is 41.2. The summed E-state index contributed by atoms with van der Waals surface area (Å²) in [6.07, 6.45) is 8.99. The Morgan fingerprint density at radius 3 is 2.49 bits per heavy atom. The first-order chi connectivity index (χ1) is 19.0. The molecule has 9 heteroatoms. The van der Waals surface area contributed by atoms with E-state index in [0.29, 0.717) is 34.7 Å². The standard InChI is InChI=1S/C30H31N7O2/c1-3-12-36(13-4-2)29(38)23-15-22-7-6-21(16-26(22)35-27(31)17-23)20-8-9-25-24(14-20)18-34-37(30(25)39)19-28-32-10-5-11-33-28/h5-11,14-16,18H,3-4,12-13,17,19H2,1-2H3,(H2,31,35). The summed E-state index contributed by atoms with van der Waals surface area (Å²) in [5.41, 5.74) is 10.1. The van der Waals surface area contributed by atoms with Gasteiger partial charge in [0, 0.05) is 48.4 Å². The molecular formula is C30H31N7O2. The molecule has 0 unspecified atom stereocenters. The zero-order chi connectivity index (χ0) is 27.4. The number of rotatable bonds is 8. The minimum absolute atomic E-state index is 0.0142. The van der Waals surface area contributed by atoms with E-state index in [0.717, 1.165) is 48.0 Å². The van der Waals surface area contributed by atoms with Crippen LogP contribution in [0.4, 0.5) is 5.69 Å². The van der Waals surface area contributed by atoms with Crippen molar-refractivity contribution < 1.29 is 4.79 Å². The highest BCUT2D eigenvalue weighted by atomic mass is 16.2. The molecule has 3 heterocycles. The van der Waals surface area contributed by atoms with Gasteiger partial charge in [-0.1, -0.05) is 32.0 Å². The molecule has 198 valence electrons. The van der Waals surface area contributed by atoms with E-state index in [9.17, 15) is 9.59 Å². The summed E-state index contributed by atoms with van der Waals surface area (Å²) >= 11 is 0. The van der Waals surface area contributed by atoms with Gasteiger partial charge in [-0.25, -0.2) is 19.6 Å². The average Bonchev–Trinajstić information content (AvgIpc) is 3.12. The lowest BCUT2D eigenvalue weighted by atomic mass is 9.99. The second-order valence-corrected chi connectivity index (χ2v) is 9.59. The number of aromatic nitrogens is 4. The second-order valence-electron chi connectivity index (χ2n) is 9.59. The summed E-state index contributed by atoms with van der Waals surface area (Å²) in [6.45, 7) is 5.78. The molecule has 1 aliphatic rings. The summed E-state index contributed by atoms with van der Waals surface area (Å²) in [6, 6.07) is 13.3. The van der Waals surface area contributed by atoms with Crippen LogP contribution in [0.25, 0.3) is 28.0 Å². The monoisotopic (exact) mass is 521 g/mol. The Hall–Kier alpha value is -4.66. The van der Waals surface area contributed by atoms with Crippen LogP contribution in [0.5, 0.6) is 0 Å². The molecule has 0 saturated heterocycles. The molecule has 0 bridgehead atoms. The lowest BCUT2D eigenvalue weighted by Gasteiger charge is -2.22. The summed E-state index contributed by atoms with van der Waals surface area (Å²) in [5.74, 6) is 0.944. The van der Waals surface area contributed by atoms with Crippen LogP contribution in [-0.4, -0.2) is 49.5 Å². The van der Waals surface area contributed by atoms with Gasteiger partial charge in [0.05, 0.1) is 17.3 Å². The summed E-state index contributed by atoms with van der Waals surface area (Å²) in [7, 11) is 0. The number of carbonyl (C=O) groups is 1. The van der Waals surface area contributed by atoms with Crippen LogP contribution in [0.1, 0.15) is 44.5 Å². The Kier molecular flexibility index (Phi) is 7.58. The number of fused-ring (bicyclic) bond motifs is 2. The largest absolute Gasteiger partial charge is 0.387 e.